The van der Waals surface area contributed by atoms with Crippen molar-refractivity contribution in [2.24, 2.45) is 11.0 Å². The molecule has 0 radical (unpaired) electrons. The van der Waals surface area contributed by atoms with Crippen LogP contribution in [0.25, 0.3) is 0 Å². The van der Waals surface area contributed by atoms with Crippen LogP contribution >= 0.6 is 0 Å². The highest BCUT2D eigenvalue weighted by molar-refractivity contribution is 5.81. The van der Waals surface area contributed by atoms with Crippen LogP contribution in [-0.2, 0) is 4.79 Å². The Kier molecular flexibility index (Phi) is 5.55. The normalized spacial score (nSPS) is 12.7. The number of hydrogen-bond acceptors (Lipinski definition) is 3. The van der Waals surface area contributed by atoms with Gasteiger partial charge in [-0.3, -0.25) is 4.79 Å². The Morgan fingerprint density at radius 1 is 1.26 bits per heavy atom. The van der Waals surface area contributed by atoms with Gasteiger partial charge in [0.15, 0.2) is 6.10 Å². The predicted molar refractivity (Wildman–Crippen MR) is 77.5 cm³/mol. The highest BCUT2D eigenvalue weighted by Crippen LogP contribution is 2.17. The van der Waals surface area contributed by atoms with Gasteiger partial charge in [0.1, 0.15) is 5.75 Å². The van der Waals surface area contributed by atoms with Crippen LogP contribution in [0.15, 0.2) is 23.3 Å². The molecule has 1 unspecified atom stereocenters. The van der Waals surface area contributed by atoms with Crippen LogP contribution in [0.1, 0.15) is 31.9 Å². The van der Waals surface area contributed by atoms with Crippen LogP contribution in [0.3, 0.4) is 0 Å². The number of aryl methyl sites for hydroxylation is 2. The third-order valence-corrected chi connectivity index (χ3v) is 2.71. The van der Waals surface area contributed by atoms with Gasteiger partial charge in [-0.05, 0) is 49.9 Å². The van der Waals surface area contributed by atoms with E-state index in [2.05, 4.69) is 10.5 Å². The molecule has 0 bridgehead atoms. The molecule has 0 aliphatic carbocycles. The molecule has 1 rings (SSSR count). The molecule has 0 spiro atoms. The standard InChI is InChI=1S/C15H22N2O2/c1-10(2)9-16-17-15(18)13(5)19-14-7-6-11(3)12(4)8-14/h6-10,13H,1-5H3,(H,17,18)/b16-9+. The van der Waals surface area contributed by atoms with Gasteiger partial charge in [-0.1, -0.05) is 19.9 Å². The zero-order valence-corrected chi connectivity index (χ0v) is 12.2. The van der Waals surface area contributed by atoms with Crippen molar-refractivity contribution in [3.8, 4) is 5.75 Å². The van der Waals surface area contributed by atoms with Gasteiger partial charge in [0.25, 0.3) is 5.91 Å². The molecular formula is C15H22N2O2. The minimum atomic E-state index is -0.577. The van der Waals surface area contributed by atoms with Crippen molar-refractivity contribution in [2.45, 2.75) is 40.7 Å². The summed E-state index contributed by atoms with van der Waals surface area (Å²) >= 11 is 0. The maximum absolute atomic E-state index is 11.7. The first-order chi connectivity index (χ1) is 8.90. The van der Waals surface area contributed by atoms with E-state index in [4.69, 9.17) is 4.74 Å². The number of carbonyl (C=O) groups is 1. The number of nitrogens with zero attached hydrogens (tertiary/aromatic N) is 1. The van der Waals surface area contributed by atoms with Crippen LogP contribution in [0.2, 0.25) is 0 Å². The van der Waals surface area contributed by atoms with Crippen molar-refractivity contribution in [3.05, 3.63) is 29.3 Å². The molecule has 0 fully saturated rings. The summed E-state index contributed by atoms with van der Waals surface area (Å²) in [6.45, 7) is 9.74. The van der Waals surface area contributed by atoms with Gasteiger partial charge in [0.2, 0.25) is 0 Å². The first-order valence-electron chi connectivity index (χ1n) is 6.47. The van der Waals surface area contributed by atoms with Crippen molar-refractivity contribution in [1.29, 1.82) is 0 Å². The zero-order chi connectivity index (χ0) is 14.4. The Bertz CT molecular complexity index is 467. The second kappa shape index (κ2) is 6.92. The second-order valence-electron chi connectivity index (χ2n) is 5.00. The summed E-state index contributed by atoms with van der Waals surface area (Å²) in [5.41, 5.74) is 4.81. The number of benzene rings is 1. The summed E-state index contributed by atoms with van der Waals surface area (Å²) in [6, 6.07) is 5.77. The van der Waals surface area contributed by atoms with Crippen LogP contribution in [-0.4, -0.2) is 18.2 Å². The Hall–Kier alpha value is -1.84. The minimum Gasteiger partial charge on any atom is -0.481 e. The molecule has 1 amide bonds. The van der Waals surface area contributed by atoms with Crippen molar-refractivity contribution in [3.63, 3.8) is 0 Å². The third kappa shape index (κ3) is 5.12. The largest absolute Gasteiger partial charge is 0.481 e. The lowest BCUT2D eigenvalue weighted by Crippen LogP contribution is -2.33. The Labute approximate surface area is 114 Å². The fourth-order valence-corrected chi connectivity index (χ4v) is 1.39. The molecule has 0 aromatic heterocycles. The lowest BCUT2D eigenvalue weighted by Gasteiger charge is -2.14. The summed E-state index contributed by atoms with van der Waals surface area (Å²) in [5, 5.41) is 3.86. The highest BCUT2D eigenvalue weighted by atomic mass is 16.5. The first-order valence-corrected chi connectivity index (χ1v) is 6.47. The minimum absolute atomic E-state index is 0.255. The number of hydrazone groups is 1. The molecular weight excluding hydrogens is 240 g/mol. The van der Waals surface area contributed by atoms with E-state index in [-0.39, 0.29) is 5.91 Å². The van der Waals surface area contributed by atoms with Crippen LogP contribution in [0, 0.1) is 19.8 Å². The van der Waals surface area contributed by atoms with Gasteiger partial charge in [-0.15, -0.1) is 0 Å². The molecule has 1 atom stereocenters. The van der Waals surface area contributed by atoms with Crippen LogP contribution in [0.4, 0.5) is 0 Å². The molecule has 0 heterocycles. The van der Waals surface area contributed by atoms with Crippen molar-refractivity contribution in [1.82, 2.24) is 5.43 Å². The van der Waals surface area contributed by atoms with E-state index in [0.29, 0.717) is 11.7 Å². The number of carbonyl (C=O) groups excluding carboxylic acids is 1. The predicted octanol–water partition coefficient (Wildman–Crippen LogP) is 2.83. The van der Waals surface area contributed by atoms with Gasteiger partial charge in [0, 0.05) is 6.21 Å². The Morgan fingerprint density at radius 2 is 1.95 bits per heavy atom. The van der Waals surface area contributed by atoms with Crippen LogP contribution < -0.4 is 10.2 Å². The molecule has 0 aliphatic rings. The number of hydrogen-bond donors (Lipinski definition) is 1. The van der Waals surface area contributed by atoms with E-state index in [9.17, 15) is 4.79 Å². The topological polar surface area (TPSA) is 50.7 Å². The molecule has 1 N–H and O–H groups in total. The van der Waals surface area contributed by atoms with Crippen molar-refractivity contribution < 1.29 is 9.53 Å². The number of ether oxygens (including phenoxy) is 1. The average Bonchev–Trinajstić information content (AvgIpc) is 2.33. The molecule has 104 valence electrons. The van der Waals surface area contributed by atoms with E-state index in [1.54, 1.807) is 13.1 Å². The molecule has 1 aromatic carbocycles. The van der Waals surface area contributed by atoms with Gasteiger partial charge in [0.05, 0.1) is 0 Å². The maximum Gasteiger partial charge on any atom is 0.280 e. The molecule has 4 nitrogen and oxygen atoms in total. The Balaban J connectivity index is 2.56. The van der Waals surface area contributed by atoms with Gasteiger partial charge < -0.3 is 4.74 Å². The summed E-state index contributed by atoms with van der Waals surface area (Å²) in [6.07, 6.45) is 1.10. The van der Waals surface area contributed by atoms with Crippen molar-refractivity contribution >= 4 is 12.1 Å². The van der Waals surface area contributed by atoms with Crippen LogP contribution in [0.5, 0.6) is 5.75 Å². The summed E-state index contributed by atoms with van der Waals surface area (Å²) in [5.74, 6) is 0.741. The first kappa shape index (κ1) is 15.2. The SMILES string of the molecule is Cc1ccc(OC(C)C(=O)N/N=C/C(C)C)cc1C. The van der Waals surface area contributed by atoms with Gasteiger partial charge >= 0.3 is 0 Å². The summed E-state index contributed by atoms with van der Waals surface area (Å²) in [7, 11) is 0. The second-order valence-corrected chi connectivity index (χ2v) is 5.00. The lowest BCUT2D eigenvalue weighted by molar-refractivity contribution is -0.127. The van der Waals surface area contributed by atoms with Crippen molar-refractivity contribution in [2.75, 3.05) is 0 Å². The third-order valence-electron chi connectivity index (χ3n) is 2.71. The lowest BCUT2D eigenvalue weighted by atomic mass is 10.1. The molecule has 0 saturated carbocycles. The molecule has 1 aromatic rings. The quantitative estimate of drug-likeness (QED) is 0.655. The average molecular weight is 262 g/mol. The van der Waals surface area contributed by atoms with Gasteiger partial charge in [-0.25, -0.2) is 5.43 Å². The number of rotatable bonds is 5. The van der Waals surface area contributed by atoms with E-state index in [0.717, 1.165) is 5.56 Å². The maximum atomic E-state index is 11.7. The smallest absolute Gasteiger partial charge is 0.280 e. The molecule has 0 aliphatic heterocycles. The number of amides is 1. The molecule has 4 heteroatoms. The van der Waals surface area contributed by atoms with Gasteiger partial charge in [-0.2, -0.15) is 5.10 Å². The monoisotopic (exact) mass is 262 g/mol. The fraction of sp³-hybridized carbons (Fsp3) is 0.467. The summed E-state index contributed by atoms with van der Waals surface area (Å²) in [4.78, 5) is 11.7. The van der Waals surface area contributed by atoms with E-state index in [1.165, 1.54) is 5.56 Å². The number of nitrogens with one attached hydrogen (secondary N) is 1. The Morgan fingerprint density at radius 3 is 2.53 bits per heavy atom. The van der Waals surface area contributed by atoms with E-state index in [1.807, 2.05) is 45.9 Å². The highest BCUT2D eigenvalue weighted by Gasteiger charge is 2.14. The summed E-state index contributed by atoms with van der Waals surface area (Å²) < 4.78 is 5.58. The van der Waals surface area contributed by atoms with E-state index < -0.39 is 6.10 Å². The molecule has 0 saturated heterocycles. The van der Waals surface area contributed by atoms with E-state index >= 15 is 0 Å². The fourth-order valence-electron chi connectivity index (χ4n) is 1.39. The molecule has 19 heavy (non-hydrogen) atoms. The zero-order valence-electron chi connectivity index (χ0n) is 12.2.